The molecule has 1 N–H and O–H groups in total. The monoisotopic (exact) mass is 266 g/mol. The largest absolute Gasteiger partial charge is 0.379 e. The molecule has 0 atom stereocenters. The maximum atomic E-state index is 5.29. The first kappa shape index (κ1) is 16.1. The van der Waals surface area contributed by atoms with Crippen LogP contribution in [0.1, 0.15) is 26.2 Å². The zero-order chi connectivity index (χ0) is 10.9. The van der Waals surface area contributed by atoms with Gasteiger partial charge in [0.1, 0.15) is 0 Å². The van der Waals surface area contributed by atoms with Crippen molar-refractivity contribution in [3.63, 3.8) is 0 Å². The summed E-state index contributed by atoms with van der Waals surface area (Å²) in [5, 5.41) is 3.31. The predicted molar refractivity (Wildman–Crippen MR) is 74.6 cm³/mol. The molecule has 0 spiro atoms. The van der Waals surface area contributed by atoms with Gasteiger partial charge in [0.15, 0.2) is 0 Å². The Hall–Kier alpha value is 0.1000. The normalized spacial score (nSPS) is 16.6. The summed E-state index contributed by atoms with van der Waals surface area (Å²) in [6, 6.07) is 0. The van der Waals surface area contributed by atoms with Crippen LogP contribution in [0.3, 0.4) is 0 Å². The molecule has 0 radical (unpaired) electrons. The zero-order valence-corrected chi connectivity index (χ0v) is 11.7. The number of rotatable bonds is 6. The minimum atomic E-state index is 0. The summed E-state index contributed by atoms with van der Waals surface area (Å²) < 4.78 is 5.29. The van der Waals surface area contributed by atoms with E-state index in [1.54, 1.807) is 0 Å². The Morgan fingerprint density at radius 1 is 1.38 bits per heavy atom. The molecule has 16 heavy (non-hydrogen) atoms. The molecule has 0 aliphatic carbocycles. The fourth-order valence-corrected chi connectivity index (χ4v) is 1.85. The maximum Gasteiger partial charge on any atom is 0.0753 e. The number of halogens is 1. The predicted octanol–water partition coefficient (Wildman–Crippen LogP) is 1.85. The number of hydrogen-bond acceptors (Lipinski definition) is 3. The van der Waals surface area contributed by atoms with E-state index in [1.165, 1.54) is 12.8 Å². The van der Waals surface area contributed by atoms with Crippen LogP contribution in [0.25, 0.3) is 0 Å². The van der Waals surface area contributed by atoms with Crippen molar-refractivity contribution in [2.75, 3.05) is 39.4 Å². The molecule has 0 aromatic heterocycles. The lowest BCUT2D eigenvalue weighted by Crippen LogP contribution is -2.41. The molecular formula is C11H23ClN2OS. The molecular weight excluding hydrogens is 244 g/mol. The van der Waals surface area contributed by atoms with Crippen LogP contribution in [-0.2, 0) is 4.74 Å². The van der Waals surface area contributed by atoms with E-state index < -0.39 is 0 Å². The van der Waals surface area contributed by atoms with Crippen molar-refractivity contribution in [2.24, 2.45) is 0 Å². The van der Waals surface area contributed by atoms with Crippen molar-refractivity contribution in [3.05, 3.63) is 0 Å². The van der Waals surface area contributed by atoms with Crippen molar-refractivity contribution in [1.29, 1.82) is 0 Å². The highest BCUT2D eigenvalue weighted by Gasteiger charge is 2.09. The summed E-state index contributed by atoms with van der Waals surface area (Å²) in [5.41, 5.74) is 0. The van der Waals surface area contributed by atoms with Gasteiger partial charge in [0.25, 0.3) is 0 Å². The number of ether oxygens (including phenoxy) is 1. The van der Waals surface area contributed by atoms with E-state index >= 15 is 0 Å². The van der Waals surface area contributed by atoms with Crippen molar-refractivity contribution < 1.29 is 4.74 Å². The standard InChI is InChI=1S/C11H22N2OS.ClH/c1-2-3-4-11(15)12-5-6-13-7-9-14-10-8-13;/h2-10H2,1H3,(H,12,15);1H. The Labute approximate surface area is 110 Å². The molecule has 0 aromatic rings. The number of thiocarbonyl (C=S) groups is 1. The fraction of sp³-hybridized carbons (Fsp3) is 0.909. The average molecular weight is 267 g/mol. The van der Waals surface area contributed by atoms with Gasteiger partial charge in [-0.05, 0) is 12.8 Å². The highest BCUT2D eigenvalue weighted by Crippen LogP contribution is 1.97. The lowest BCUT2D eigenvalue weighted by Gasteiger charge is -2.26. The van der Waals surface area contributed by atoms with Crippen LogP contribution in [0, 0.1) is 0 Å². The zero-order valence-electron chi connectivity index (χ0n) is 10.0. The molecule has 1 aliphatic heterocycles. The van der Waals surface area contributed by atoms with Crippen LogP contribution in [-0.4, -0.2) is 49.3 Å². The summed E-state index contributed by atoms with van der Waals surface area (Å²) in [5.74, 6) is 0. The third-order valence-corrected chi connectivity index (χ3v) is 2.96. The second kappa shape index (κ2) is 10.3. The second-order valence-electron chi connectivity index (χ2n) is 3.91. The van der Waals surface area contributed by atoms with Crippen LogP contribution in [0.2, 0.25) is 0 Å². The lowest BCUT2D eigenvalue weighted by atomic mass is 10.2. The lowest BCUT2D eigenvalue weighted by molar-refractivity contribution is 0.0389. The van der Waals surface area contributed by atoms with Gasteiger partial charge in [-0.2, -0.15) is 0 Å². The smallest absolute Gasteiger partial charge is 0.0753 e. The summed E-state index contributed by atoms with van der Waals surface area (Å²) in [4.78, 5) is 3.43. The molecule has 0 aromatic carbocycles. The Kier molecular flexibility index (Phi) is 10.3. The van der Waals surface area contributed by atoms with Crippen molar-refractivity contribution in [2.45, 2.75) is 26.2 Å². The maximum absolute atomic E-state index is 5.29. The molecule has 0 amide bonds. The van der Waals surface area contributed by atoms with E-state index in [2.05, 4.69) is 17.1 Å². The van der Waals surface area contributed by atoms with E-state index in [9.17, 15) is 0 Å². The highest BCUT2D eigenvalue weighted by atomic mass is 35.5. The highest BCUT2D eigenvalue weighted by molar-refractivity contribution is 7.80. The quantitative estimate of drug-likeness (QED) is 0.742. The third-order valence-electron chi connectivity index (χ3n) is 2.61. The van der Waals surface area contributed by atoms with Crippen LogP contribution < -0.4 is 5.32 Å². The number of morpholine rings is 1. The average Bonchev–Trinajstić information content (AvgIpc) is 2.28. The molecule has 96 valence electrons. The Morgan fingerprint density at radius 2 is 2.06 bits per heavy atom. The molecule has 1 aliphatic rings. The summed E-state index contributed by atoms with van der Waals surface area (Å²) in [6.45, 7) is 8.11. The molecule has 3 nitrogen and oxygen atoms in total. The topological polar surface area (TPSA) is 24.5 Å². The Balaban J connectivity index is 0.00000225. The number of hydrogen-bond donors (Lipinski definition) is 1. The van der Waals surface area contributed by atoms with Gasteiger partial charge in [0, 0.05) is 26.2 Å². The molecule has 1 heterocycles. The van der Waals surface area contributed by atoms with Gasteiger partial charge in [0.2, 0.25) is 0 Å². The van der Waals surface area contributed by atoms with Crippen LogP contribution >= 0.6 is 24.6 Å². The number of unbranched alkanes of at least 4 members (excludes halogenated alkanes) is 1. The van der Waals surface area contributed by atoms with Gasteiger partial charge < -0.3 is 10.1 Å². The molecule has 5 heteroatoms. The number of nitrogens with zero attached hydrogens (tertiary/aromatic N) is 1. The molecule has 1 saturated heterocycles. The van der Waals surface area contributed by atoms with E-state index in [4.69, 9.17) is 17.0 Å². The summed E-state index contributed by atoms with van der Waals surface area (Å²) >= 11 is 5.23. The Bertz CT molecular complexity index is 187. The fourth-order valence-electron chi connectivity index (χ4n) is 1.60. The first-order chi connectivity index (χ1) is 7.33. The number of nitrogens with one attached hydrogen (secondary N) is 1. The van der Waals surface area contributed by atoms with E-state index in [0.717, 1.165) is 50.8 Å². The summed E-state index contributed by atoms with van der Waals surface area (Å²) in [7, 11) is 0. The van der Waals surface area contributed by atoms with Gasteiger partial charge in [-0.1, -0.05) is 25.6 Å². The van der Waals surface area contributed by atoms with Crippen molar-refractivity contribution in [1.82, 2.24) is 10.2 Å². The van der Waals surface area contributed by atoms with Crippen LogP contribution in [0.5, 0.6) is 0 Å². The van der Waals surface area contributed by atoms with E-state index in [0.29, 0.717) is 0 Å². The van der Waals surface area contributed by atoms with Crippen molar-refractivity contribution >= 4 is 29.6 Å². The van der Waals surface area contributed by atoms with E-state index in [-0.39, 0.29) is 12.4 Å². The SMILES string of the molecule is CCCCC(=S)NCCN1CCOCC1.Cl. The van der Waals surface area contributed by atoms with E-state index in [1.807, 2.05) is 0 Å². The van der Waals surface area contributed by atoms with Gasteiger partial charge >= 0.3 is 0 Å². The van der Waals surface area contributed by atoms with Gasteiger partial charge in [-0.25, -0.2) is 0 Å². The van der Waals surface area contributed by atoms with Gasteiger partial charge in [-0.15, -0.1) is 12.4 Å². The van der Waals surface area contributed by atoms with Crippen LogP contribution in [0.4, 0.5) is 0 Å². The molecule has 1 fully saturated rings. The minimum absolute atomic E-state index is 0. The van der Waals surface area contributed by atoms with Crippen LogP contribution in [0.15, 0.2) is 0 Å². The van der Waals surface area contributed by atoms with Gasteiger partial charge in [0.05, 0.1) is 18.2 Å². The molecule has 1 rings (SSSR count). The summed E-state index contributed by atoms with van der Waals surface area (Å²) in [6.07, 6.45) is 3.45. The minimum Gasteiger partial charge on any atom is -0.379 e. The molecule has 0 unspecified atom stereocenters. The second-order valence-corrected chi connectivity index (χ2v) is 4.40. The van der Waals surface area contributed by atoms with Gasteiger partial charge in [-0.3, -0.25) is 4.90 Å². The Morgan fingerprint density at radius 3 is 2.69 bits per heavy atom. The molecule has 0 bridgehead atoms. The van der Waals surface area contributed by atoms with Crippen molar-refractivity contribution in [3.8, 4) is 0 Å². The third kappa shape index (κ3) is 7.39. The molecule has 0 saturated carbocycles. The first-order valence-corrected chi connectivity index (χ1v) is 6.30. The first-order valence-electron chi connectivity index (χ1n) is 5.89.